The number of ether oxygens (including phenoxy) is 2. The van der Waals surface area contributed by atoms with Crippen LogP contribution in [0.2, 0.25) is 0 Å². The van der Waals surface area contributed by atoms with Crippen molar-refractivity contribution >= 4 is 16.8 Å². The normalized spacial score (nSPS) is 15.5. The molecule has 1 fully saturated rings. The fraction of sp³-hybridized carbons (Fsp3) is 0.550. The van der Waals surface area contributed by atoms with E-state index in [1.54, 1.807) is 0 Å². The highest BCUT2D eigenvalue weighted by Crippen LogP contribution is 2.27. The van der Waals surface area contributed by atoms with Gasteiger partial charge in [0.05, 0.1) is 18.7 Å². The Morgan fingerprint density at radius 2 is 2.08 bits per heavy atom. The number of morpholine rings is 1. The van der Waals surface area contributed by atoms with Crippen molar-refractivity contribution in [1.82, 2.24) is 14.8 Å². The molecule has 0 saturated carbocycles. The molecule has 0 atom stereocenters. The summed E-state index contributed by atoms with van der Waals surface area (Å²) in [6, 6.07) is 8.05. The molecule has 0 unspecified atom stereocenters. The lowest BCUT2D eigenvalue weighted by atomic mass is 10.2. The second-order valence-corrected chi connectivity index (χ2v) is 7.14. The van der Waals surface area contributed by atoms with Gasteiger partial charge in [0.2, 0.25) is 0 Å². The number of benzene rings is 1. The number of rotatable bonds is 8. The number of nitrogens with one attached hydrogen (secondary N) is 1. The van der Waals surface area contributed by atoms with Gasteiger partial charge in [0.1, 0.15) is 5.75 Å². The number of amides is 1. The van der Waals surface area contributed by atoms with Crippen molar-refractivity contribution in [3.8, 4) is 5.75 Å². The van der Waals surface area contributed by atoms with Crippen LogP contribution < -0.4 is 10.1 Å². The Kier molecular flexibility index (Phi) is 6.52. The van der Waals surface area contributed by atoms with E-state index in [-0.39, 0.29) is 12.5 Å². The number of aromatic nitrogens is 1. The summed E-state index contributed by atoms with van der Waals surface area (Å²) in [7, 11) is 0. The van der Waals surface area contributed by atoms with Gasteiger partial charge in [0, 0.05) is 44.3 Å². The second-order valence-electron chi connectivity index (χ2n) is 7.14. The van der Waals surface area contributed by atoms with Crippen LogP contribution in [0, 0.1) is 5.92 Å². The van der Waals surface area contributed by atoms with Crippen molar-refractivity contribution in [2.75, 3.05) is 46.0 Å². The van der Waals surface area contributed by atoms with Gasteiger partial charge in [-0.3, -0.25) is 9.69 Å². The molecule has 26 heavy (non-hydrogen) atoms. The number of hydrogen-bond donors (Lipinski definition) is 1. The zero-order valence-corrected chi connectivity index (χ0v) is 15.7. The van der Waals surface area contributed by atoms with Crippen LogP contribution in [0.1, 0.15) is 13.8 Å². The van der Waals surface area contributed by atoms with Crippen molar-refractivity contribution in [3.05, 3.63) is 30.5 Å². The van der Waals surface area contributed by atoms with Crippen molar-refractivity contribution < 1.29 is 14.3 Å². The SMILES string of the molecule is CC(C)Cn1ccc2c(OCC(=O)NCCN3CCOCC3)cccc21. The van der Waals surface area contributed by atoms with E-state index in [0.717, 1.165) is 56.0 Å². The molecule has 0 radical (unpaired) electrons. The van der Waals surface area contributed by atoms with Crippen LogP contribution in [0.3, 0.4) is 0 Å². The first kappa shape index (κ1) is 18.7. The molecule has 6 heteroatoms. The molecular weight excluding hydrogens is 330 g/mol. The smallest absolute Gasteiger partial charge is 0.257 e. The third-order valence-electron chi connectivity index (χ3n) is 4.55. The van der Waals surface area contributed by atoms with Crippen LogP contribution in [-0.2, 0) is 16.1 Å². The molecule has 2 aromatic rings. The number of nitrogens with zero attached hydrogens (tertiary/aromatic N) is 2. The first-order valence-corrected chi connectivity index (χ1v) is 9.41. The number of fused-ring (bicyclic) bond motifs is 1. The van der Waals surface area contributed by atoms with Crippen LogP contribution in [0.5, 0.6) is 5.75 Å². The van der Waals surface area contributed by atoms with Gasteiger partial charge in [0.25, 0.3) is 5.91 Å². The lowest BCUT2D eigenvalue weighted by Crippen LogP contribution is -2.42. The van der Waals surface area contributed by atoms with Gasteiger partial charge < -0.3 is 19.4 Å². The molecule has 1 aliphatic heterocycles. The fourth-order valence-corrected chi connectivity index (χ4v) is 3.25. The summed E-state index contributed by atoms with van der Waals surface area (Å²) in [5, 5.41) is 3.98. The maximum atomic E-state index is 12.1. The van der Waals surface area contributed by atoms with Gasteiger partial charge in [-0.05, 0) is 24.1 Å². The Morgan fingerprint density at radius 1 is 1.27 bits per heavy atom. The molecule has 0 bridgehead atoms. The zero-order valence-electron chi connectivity index (χ0n) is 15.7. The van der Waals surface area contributed by atoms with E-state index in [9.17, 15) is 4.79 Å². The first-order valence-electron chi connectivity index (χ1n) is 9.41. The van der Waals surface area contributed by atoms with Gasteiger partial charge in [-0.15, -0.1) is 0 Å². The van der Waals surface area contributed by atoms with E-state index in [0.29, 0.717) is 12.5 Å². The van der Waals surface area contributed by atoms with Crippen LogP contribution in [-0.4, -0.2) is 61.4 Å². The minimum atomic E-state index is -0.0862. The molecule has 1 aliphatic rings. The summed E-state index contributed by atoms with van der Waals surface area (Å²) < 4.78 is 13.3. The Balaban J connectivity index is 1.49. The molecule has 0 spiro atoms. The highest BCUT2D eigenvalue weighted by molar-refractivity contribution is 5.87. The third kappa shape index (κ3) is 4.99. The summed E-state index contributed by atoms with van der Waals surface area (Å²) in [5.74, 6) is 1.25. The molecule has 1 aromatic carbocycles. The lowest BCUT2D eigenvalue weighted by Gasteiger charge is -2.26. The molecule has 0 aliphatic carbocycles. The van der Waals surface area contributed by atoms with E-state index in [1.807, 2.05) is 12.1 Å². The number of carbonyl (C=O) groups excluding carboxylic acids is 1. The van der Waals surface area contributed by atoms with E-state index >= 15 is 0 Å². The van der Waals surface area contributed by atoms with E-state index in [1.165, 1.54) is 0 Å². The summed E-state index contributed by atoms with van der Waals surface area (Å²) in [6.45, 7) is 10.3. The van der Waals surface area contributed by atoms with Crippen LogP contribution in [0.15, 0.2) is 30.5 Å². The van der Waals surface area contributed by atoms with Gasteiger partial charge in [-0.2, -0.15) is 0 Å². The summed E-state index contributed by atoms with van der Waals surface area (Å²) >= 11 is 0. The maximum Gasteiger partial charge on any atom is 0.257 e. The largest absolute Gasteiger partial charge is 0.483 e. The second kappa shape index (κ2) is 9.05. The van der Waals surface area contributed by atoms with Crippen molar-refractivity contribution in [3.63, 3.8) is 0 Å². The monoisotopic (exact) mass is 359 g/mol. The van der Waals surface area contributed by atoms with Crippen LogP contribution in [0.4, 0.5) is 0 Å². The molecule has 1 aromatic heterocycles. The number of carbonyl (C=O) groups is 1. The van der Waals surface area contributed by atoms with Crippen molar-refractivity contribution in [1.29, 1.82) is 0 Å². The molecular formula is C20H29N3O3. The van der Waals surface area contributed by atoms with Crippen LogP contribution in [0.25, 0.3) is 10.9 Å². The minimum absolute atomic E-state index is 0.0393. The quantitative estimate of drug-likeness (QED) is 0.784. The predicted molar refractivity (Wildman–Crippen MR) is 103 cm³/mol. The Hall–Kier alpha value is -2.05. The van der Waals surface area contributed by atoms with E-state index < -0.39 is 0 Å². The zero-order chi connectivity index (χ0) is 18.4. The molecule has 1 N–H and O–H groups in total. The highest BCUT2D eigenvalue weighted by atomic mass is 16.5. The Bertz CT molecular complexity index is 720. The predicted octanol–water partition coefficient (Wildman–Crippen LogP) is 2.12. The molecule has 1 saturated heterocycles. The maximum absolute atomic E-state index is 12.1. The van der Waals surface area contributed by atoms with Crippen molar-refractivity contribution in [2.45, 2.75) is 20.4 Å². The summed E-state index contributed by atoms with van der Waals surface area (Å²) in [5.41, 5.74) is 1.14. The fourth-order valence-electron chi connectivity index (χ4n) is 3.25. The summed E-state index contributed by atoms with van der Waals surface area (Å²) in [6.07, 6.45) is 2.08. The molecule has 142 valence electrons. The van der Waals surface area contributed by atoms with Crippen LogP contribution >= 0.6 is 0 Å². The Morgan fingerprint density at radius 3 is 2.85 bits per heavy atom. The first-order chi connectivity index (χ1) is 12.6. The van der Waals surface area contributed by atoms with Crippen molar-refractivity contribution in [2.24, 2.45) is 5.92 Å². The van der Waals surface area contributed by atoms with E-state index in [4.69, 9.17) is 9.47 Å². The van der Waals surface area contributed by atoms with Gasteiger partial charge in [-0.25, -0.2) is 0 Å². The third-order valence-corrected chi connectivity index (χ3v) is 4.55. The molecule has 2 heterocycles. The highest BCUT2D eigenvalue weighted by Gasteiger charge is 2.12. The van der Waals surface area contributed by atoms with Gasteiger partial charge >= 0.3 is 0 Å². The van der Waals surface area contributed by atoms with E-state index in [2.05, 4.69) is 47.0 Å². The minimum Gasteiger partial charge on any atom is -0.483 e. The van der Waals surface area contributed by atoms with Gasteiger partial charge in [0.15, 0.2) is 6.61 Å². The topological polar surface area (TPSA) is 55.7 Å². The average Bonchev–Trinajstić information content (AvgIpc) is 3.04. The average molecular weight is 359 g/mol. The number of hydrogen-bond acceptors (Lipinski definition) is 4. The van der Waals surface area contributed by atoms with Gasteiger partial charge in [-0.1, -0.05) is 19.9 Å². The summed E-state index contributed by atoms with van der Waals surface area (Å²) in [4.78, 5) is 14.4. The Labute approximate surface area is 155 Å². The lowest BCUT2D eigenvalue weighted by molar-refractivity contribution is -0.123. The molecule has 1 amide bonds. The standard InChI is InChI=1S/C20H29N3O3/c1-16(2)14-23-8-6-17-18(23)4-3-5-19(17)26-15-20(24)21-7-9-22-10-12-25-13-11-22/h3-6,8,16H,7,9-15H2,1-2H3,(H,21,24). The molecule has 6 nitrogen and oxygen atoms in total. The molecule has 3 rings (SSSR count).